The lowest BCUT2D eigenvalue weighted by Gasteiger charge is -2.16. The summed E-state index contributed by atoms with van der Waals surface area (Å²) in [7, 11) is 0. The predicted molar refractivity (Wildman–Crippen MR) is 108 cm³/mol. The van der Waals surface area contributed by atoms with Crippen LogP contribution in [0.15, 0.2) is 30.5 Å². The van der Waals surface area contributed by atoms with Gasteiger partial charge in [0.1, 0.15) is 29.8 Å². The summed E-state index contributed by atoms with van der Waals surface area (Å²) in [5, 5.41) is 12.3. The third-order valence-electron chi connectivity index (χ3n) is 4.94. The number of hydrogen-bond acceptors (Lipinski definition) is 4. The number of benzene rings is 1. The highest BCUT2D eigenvalue weighted by molar-refractivity contribution is 5.95. The van der Waals surface area contributed by atoms with E-state index < -0.39 is 36.0 Å². The van der Waals surface area contributed by atoms with E-state index in [1.54, 1.807) is 6.92 Å². The molecule has 0 aliphatic heterocycles. The van der Waals surface area contributed by atoms with Gasteiger partial charge < -0.3 is 15.2 Å². The van der Waals surface area contributed by atoms with Gasteiger partial charge in [-0.05, 0) is 25.5 Å². The molecule has 0 unspecified atom stereocenters. The number of ether oxygens (including phenoxy) is 1. The topological polar surface area (TPSA) is 75.9 Å². The molecule has 3 aromatic rings. The normalized spacial score (nSPS) is 12.2. The Labute approximate surface area is 177 Å². The number of aryl methyl sites for hydroxylation is 1. The van der Waals surface area contributed by atoms with Crippen molar-refractivity contribution in [2.24, 2.45) is 0 Å². The van der Waals surface area contributed by atoms with Crippen LogP contribution in [-0.4, -0.2) is 33.0 Å². The molecule has 0 aliphatic carbocycles. The number of rotatable bonds is 9. The Hall–Kier alpha value is -3.07. The van der Waals surface area contributed by atoms with Crippen LogP contribution < -0.4 is 10.1 Å². The lowest BCUT2D eigenvalue weighted by atomic mass is 10.1. The number of carbonyl (C=O) groups excluding carboxylic acids is 1. The zero-order valence-electron chi connectivity index (χ0n) is 17.3. The number of hydrogen-bond donors (Lipinski definition) is 2. The summed E-state index contributed by atoms with van der Waals surface area (Å²) in [5.74, 6) is -2.86. The lowest BCUT2D eigenvalue weighted by molar-refractivity contribution is 0.0905. The number of carbonyl (C=O) groups is 1. The molecule has 0 spiro atoms. The second kappa shape index (κ2) is 9.82. The molecule has 2 N–H and O–H groups in total. The van der Waals surface area contributed by atoms with Crippen molar-refractivity contribution in [3.8, 4) is 5.75 Å². The fraction of sp³-hybridized carbons (Fsp3) is 0.364. The van der Waals surface area contributed by atoms with Gasteiger partial charge in [0.15, 0.2) is 11.4 Å². The van der Waals surface area contributed by atoms with E-state index in [1.807, 2.05) is 6.92 Å². The number of aliphatic hydroxyl groups excluding tert-OH is 1. The molecular weight excluding hydrogens is 411 g/mol. The average Bonchev–Trinajstić information content (AvgIpc) is 3.06. The molecule has 0 saturated heterocycles. The van der Waals surface area contributed by atoms with E-state index in [9.17, 15) is 23.1 Å². The molecule has 166 valence electrons. The molecule has 31 heavy (non-hydrogen) atoms. The van der Waals surface area contributed by atoms with E-state index in [0.29, 0.717) is 12.1 Å². The largest absolute Gasteiger partial charge is 0.485 e. The van der Waals surface area contributed by atoms with Gasteiger partial charge >= 0.3 is 0 Å². The van der Waals surface area contributed by atoms with Crippen LogP contribution in [0, 0.1) is 24.4 Å². The third-order valence-corrected chi connectivity index (χ3v) is 4.94. The van der Waals surface area contributed by atoms with Gasteiger partial charge in [-0.3, -0.25) is 9.20 Å². The second-order valence-electron chi connectivity index (χ2n) is 7.25. The fourth-order valence-corrected chi connectivity index (χ4v) is 3.31. The molecule has 3 rings (SSSR count). The van der Waals surface area contributed by atoms with Crippen LogP contribution in [0.1, 0.15) is 47.9 Å². The van der Waals surface area contributed by atoms with Crippen LogP contribution in [0.25, 0.3) is 5.65 Å². The van der Waals surface area contributed by atoms with Gasteiger partial charge in [-0.15, -0.1) is 0 Å². The number of nitrogens with one attached hydrogen (secondary N) is 1. The van der Waals surface area contributed by atoms with E-state index in [-0.39, 0.29) is 29.3 Å². The number of amides is 1. The summed E-state index contributed by atoms with van der Waals surface area (Å²) in [6, 6.07) is 4.03. The maximum atomic E-state index is 14.3. The zero-order chi connectivity index (χ0) is 22.5. The lowest BCUT2D eigenvalue weighted by Crippen LogP contribution is -2.38. The second-order valence-corrected chi connectivity index (χ2v) is 7.25. The Morgan fingerprint density at radius 2 is 2.00 bits per heavy atom. The van der Waals surface area contributed by atoms with Gasteiger partial charge in [0, 0.05) is 12.3 Å². The molecule has 0 bridgehead atoms. The molecule has 0 saturated carbocycles. The number of aliphatic hydroxyl groups is 1. The molecule has 0 fully saturated rings. The highest BCUT2D eigenvalue weighted by Gasteiger charge is 2.22. The van der Waals surface area contributed by atoms with Crippen molar-refractivity contribution >= 4 is 11.6 Å². The van der Waals surface area contributed by atoms with E-state index in [0.717, 1.165) is 37.2 Å². The minimum atomic E-state index is -0.783. The number of aromatic nitrogens is 2. The molecule has 0 radical (unpaired) electrons. The summed E-state index contributed by atoms with van der Waals surface area (Å²) in [6.07, 6.45) is 3.43. The maximum absolute atomic E-state index is 14.3. The molecule has 1 atom stereocenters. The quantitative estimate of drug-likeness (QED) is 0.534. The van der Waals surface area contributed by atoms with Crippen molar-refractivity contribution in [3.05, 3.63) is 64.9 Å². The van der Waals surface area contributed by atoms with E-state index in [1.165, 1.54) is 10.5 Å². The van der Waals surface area contributed by atoms with Crippen LogP contribution in [-0.2, 0) is 6.61 Å². The highest BCUT2D eigenvalue weighted by Crippen LogP contribution is 2.25. The average molecular weight is 435 g/mol. The Kier molecular flexibility index (Phi) is 7.17. The van der Waals surface area contributed by atoms with Gasteiger partial charge in [-0.2, -0.15) is 0 Å². The van der Waals surface area contributed by atoms with Crippen LogP contribution in [0.3, 0.4) is 0 Å². The SMILES string of the molecule is CCCC[C@H](CO)NC(=O)c1c(C)nc2c(OCc3c(F)cccc3F)cc(F)cn12. The van der Waals surface area contributed by atoms with Crippen molar-refractivity contribution in [1.29, 1.82) is 0 Å². The Morgan fingerprint density at radius 1 is 1.29 bits per heavy atom. The molecule has 0 aliphatic rings. The van der Waals surface area contributed by atoms with Crippen molar-refractivity contribution in [3.63, 3.8) is 0 Å². The first-order chi connectivity index (χ1) is 14.8. The molecule has 2 aromatic heterocycles. The minimum Gasteiger partial charge on any atom is -0.485 e. The maximum Gasteiger partial charge on any atom is 0.270 e. The zero-order valence-corrected chi connectivity index (χ0v) is 17.3. The number of unbranched alkanes of at least 4 members (excludes halogenated alkanes) is 1. The van der Waals surface area contributed by atoms with Gasteiger partial charge in [0.25, 0.3) is 5.91 Å². The van der Waals surface area contributed by atoms with Crippen molar-refractivity contribution < 1.29 is 27.8 Å². The smallest absolute Gasteiger partial charge is 0.270 e. The van der Waals surface area contributed by atoms with E-state index >= 15 is 0 Å². The summed E-state index contributed by atoms with van der Waals surface area (Å²) >= 11 is 0. The third kappa shape index (κ3) is 4.99. The van der Waals surface area contributed by atoms with Crippen LogP contribution in [0.5, 0.6) is 5.75 Å². The summed E-state index contributed by atoms with van der Waals surface area (Å²) in [6.45, 7) is 2.88. The van der Waals surface area contributed by atoms with Crippen molar-refractivity contribution in [2.75, 3.05) is 6.61 Å². The van der Waals surface area contributed by atoms with E-state index in [2.05, 4.69) is 10.3 Å². The standard InChI is InChI=1S/C22H24F3N3O3/c1-3-4-6-15(11-29)27-22(30)20-13(2)26-21-19(9-14(23)10-28(20)21)31-12-16-17(24)7-5-8-18(16)25/h5,7-10,15,29H,3-4,6,11-12H2,1-2H3,(H,27,30)/t15-/m1/s1. The number of nitrogens with zero attached hydrogens (tertiary/aromatic N) is 2. The van der Waals surface area contributed by atoms with Crippen LogP contribution >= 0.6 is 0 Å². The first kappa shape index (κ1) is 22.6. The number of imidazole rings is 1. The van der Waals surface area contributed by atoms with E-state index in [4.69, 9.17) is 4.74 Å². The minimum absolute atomic E-state index is 0.0607. The summed E-state index contributed by atoms with van der Waals surface area (Å²) < 4.78 is 48.7. The Morgan fingerprint density at radius 3 is 2.65 bits per heavy atom. The number of fused-ring (bicyclic) bond motifs is 1. The number of pyridine rings is 1. The summed E-state index contributed by atoms with van der Waals surface area (Å²) in [4.78, 5) is 17.1. The van der Waals surface area contributed by atoms with Crippen LogP contribution in [0.2, 0.25) is 0 Å². The van der Waals surface area contributed by atoms with Crippen molar-refractivity contribution in [1.82, 2.24) is 14.7 Å². The molecule has 9 heteroatoms. The van der Waals surface area contributed by atoms with Gasteiger partial charge in [-0.25, -0.2) is 18.2 Å². The number of halogens is 3. The predicted octanol–water partition coefficient (Wildman–Crippen LogP) is 3.92. The molecule has 2 heterocycles. The van der Waals surface area contributed by atoms with Gasteiger partial charge in [0.2, 0.25) is 0 Å². The van der Waals surface area contributed by atoms with Gasteiger partial charge in [-0.1, -0.05) is 25.8 Å². The molecular formula is C22H24F3N3O3. The molecule has 1 amide bonds. The molecule has 1 aromatic carbocycles. The first-order valence-corrected chi connectivity index (χ1v) is 10.0. The Bertz CT molecular complexity index is 1060. The highest BCUT2D eigenvalue weighted by atomic mass is 19.1. The van der Waals surface area contributed by atoms with Crippen LogP contribution in [0.4, 0.5) is 13.2 Å². The van der Waals surface area contributed by atoms with Gasteiger partial charge in [0.05, 0.1) is 23.9 Å². The Balaban J connectivity index is 1.91. The first-order valence-electron chi connectivity index (χ1n) is 10.0. The summed E-state index contributed by atoms with van der Waals surface area (Å²) in [5.41, 5.74) is 0.242. The molecule has 6 nitrogen and oxygen atoms in total. The fourth-order valence-electron chi connectivity index (χ4n) is 3.31. The van der Waals surface area contributed by atoms with Crippen molar-refractivity contribution in [2.45, 2.75) is 45.8 Å². The monoisotopic (exact) mass is 435 g/mol.